The number of amides is 1. The summed E-state index contributed by atoms with van der Waals surface area (Å²) in [6, 6.07) is 19.6. The highest BCUT2D eigenvalue weighted by Crippen LogP contribution is 2.44. The summed E-state index contributed by atoms with van der Waals surface area (Å²) < 4.78 is 5.39. The van der Waals surface area contributed by atoms with E-state index in [1.165, 1.54) is 12.1 Å². The van der Waals surface area contributed by atoms with Crippen LogP contribution in [0.3, 0.4) is 0 Å². The number of hydrogen-bond donors (Lipinski definition) is 3. The van der Waals surface area contributed by atoms with Crippen LogP contribution in [0.1, 0.15) is 37.8 Å². The number of nitrogens with one attached hydrogen (secondary N) is 1. The number of carbonyl (C=O) groups is 3. The second-order valence-corrected chi connectivity index (χ2v) is 6.79. The number of rotatable bonds is 5. The molecule has 3 aromatic carbocycles. The molecule has 0 fully saturated rings. The van der Waals surface area contributed by atoms with Crippen molar-refractivity contribution in [2.75, 3.05) is 11.9 Å². The Morgan fingerprint density at radius 3 is 1.97 bits per heavy atom. The van der Waals surface area contributed by atoms with Crippen LogP contribution in [0, 0.1) is 0 Å². The van der Waals surface area contributed by atoms with Gasteiger partial charge in [-0.05, 0) is 34.4 Å². The minimum Gasteiger partial charge on any atom is -0.478 e. The Hall–Kier alpha value is -4.13. The average Bonchev–Trinajstić information content (AvgIpc) is 3.05. The highest BCUT2D eigenvalue weighted by molar-refractivity contribution is 6.07. The van der Waals surface area contributed by atoms with Gasteiger partial charge in [0.15, 0.2) is 0 Å². The van der Waals surface area contributed by atoms with Crippen LogP contribution >= 0.6 is 0 Å². The van der Waals surface area contributed by atoms with Crippen LogP contribution in [-0.2, 0) is 4.74 Å². The number of benzene rings is 3. The van der Waals surface area contributed by atoms with Crippen LogP contribution in [0.2, 0.25) is 0 Å². The molecule has 4 rings (SSSR count). The summed E-state index contributed by atoms with van der Waals surface area (Å²) in [6.45, 7) is 0.0564. The molecule has 7 heteroatoms. The van der Waals surface area contributed by atoms with Gasteiger partial charge in [-0.2, -0.15) is 0 Å². The molecule has 3 aromatic rings. The molecule has 1 aliphatic carbocycles. The maximum atomic E-state index is 12.4. The van der Waals surface area contributed by atoms with Gasteiger partial charge in [0.05, 0.1) is 16.8 Å². The smallest absolute Gasteiger partial charge is 0.411 e. The second kappa shape index (κ2) is 7.71. The van der Waals surface area contributed by atoms with E-state index in [0.717, 1.165) is 28.3 Å². The number of fused-ring (bicyclic) bond motifs is 3. The lowest BCUT2D eigenvalue weighted by Crippen LogP contribution is -2.20. The molecule has 0 saturated heterocycles. The molecule has 0 bridgehead atoms. The first kappa shape index (κ1) is 19.2. The molecular formula is C23H17NO6. The van der Waals surface area contributed by atoms with E-state index >= 15 is 0 Å². The zero-order chi connectivity index (χ0) is 21.3. The standard InChI is InChI=1S/C23H17NO6/c25-21(26)17-10-5-11-19(20(17)22(27)28)24-23(29)30-12-18-15-8-3-1-6-13(15)14-7-2-4-9-16(14)18/h1-11,18H,12H2,(H,24,29)(H,25,26)(H,27,28). The van der Waals surface area contributed by atoms with Crippen molar-refractivity contribution in [1.29, 1.82) is 0 Å². The fourth-order valence-electron chi connectivity index (χ4n) is 3.81. The van der Waals surface area contributed by atoms with Gasteiger partial charge in [0, 0.05) is 5.92 Å². The third-order valence-corrected chi connectivity index (χ3v) is 5.09. The molecule has 0 aliphatic heterocycles. The molecule has 30 heavy (non-hydrogen) atoms. The fourth-order valence-corrected chi connectivity index (χ4v) is 3.81. The van der Waals surface area contributed by atoms with Crippen molar-refractivity contribution < 1.29 is 29.3 Å². The summed E-state index contributed by atoms with van der Waals surface area (Å²) in [5.41, 5.74) is 3.21. The molecule has 0 unspecified atom stereocenters. The number of ether oxygens (including phenoxy) is 1. The first-order valence-corrected chi connectivity index (χ1v) is 9.19. The van der Waals surface area contributed by atoms with Gasteiger partial charge in [-0.25, -0.2) is 14.4 Å². The highest BCUT2D eigenvalue weighted by Gasteiger charge is 2.29. The largest absolute Gasteiger partial charge is 0.478 e. The van der Waals surface area contributed by atoms with Crippen molar-refractivity contribution in [2.45, 2.75) is 5.92 Å². The summed E-state index contributed by atoms with van der Waals surface area (Å²) in [5, 5.41) is 20.9. The van der Waals surface area contributed by atoms with Crippen LogP contribution in [0.25, 0.3) is 11.1 Å². The van der Waals surface area contributed by atoms with Crippen LogP contribution in [0.15, 0.2) is 66.7 Å². The van der Waals surface area contributed by atoms with Gasteiger partial charge in [0.2, 0.25) is 0 Å². The van der Waals surface area contributed by atoms with E-state index in [4.69, 9.17) is 4.74 Å². The Labute approximate surface area is 171 Å². The zero-order valence-corrected chi connectivity index (χ0v) is 15.7. The number of hydrogen-bond acceptors (Lipinski definition) is 4. The first-order chi connectivity index (χ1) is 14.5. The molecule has 1 aliphatic rings. The van der Waals surface area contributed by atoms with Gasteiger partial charge in [-0.1, -0.05) is 54.6 Å². The normalized spacial score (nSPS) is 12.0. The van der Waals surface area contributed by atoms with Gasteiger partial charge in [0.1, 0.15) is 6.61 Å². The molecule has 0 spiro atoms. The Morgan fingerprint density at radius 1 is 0.800 bits per heavy atom. The Kier molecular flexibility index (Phi) is 4.93. The van der Waals surface area contributed by atoms with Crippen molar-refractivity contribution in [1.82, 2.24) is 0 Å². The number of carbonyl (C=O) groups excluding carboxylic acids is 1. The van der Waals surface area contributed by atoms with E-state index in [2.05, 4.69) is 5.32 Å². The highest BCUT2D eigenvalue weighted by atomic mass is 16.5. The molecule has 0 heterocycles. The van der Waals surface area contributed by atoms with Gasteiger partial charge in [-0.15, -0.1) is 0 Å². The molecule has 3 N–H and O–H groups in total. The van der Waals surface area contributed by atoms with Crippen molar-refractivity contribution in [3.63, 3.8) is 0 Å². The van der Waals surface area contributed by atoms with E-state index in [-0.39, 0.29) is 18.2 Å². The minimum absolute atomic E-state index is 0.0564. The lowest BCUT2D eigenvalue weighted by molar-refractivity contribution is 0.0652. The monoisotopic (exact) mass is 403 g/mol. The van der Waals surface area contributed by atoms with Crippen molar-refractivity contribution in [3.05, 3.63) is 89.0 Å². The number of carboxylic acids is 2. The molecule has 1 amide bonds. The van der Waals surface area contributed by atoms with Crippen molar-refractivity contribution in [3.8, 4) is 11.1 Å². The van der Waals surface area contributed by atoms with E-state index < -0.39 is 29.2 Å². The van der Waals surface area contributed by atoms with Crippen molar-refractivity contribution in [2.24, 2.45) is 0 Å². The quantitative estimate of drug-likeness (QED) is 0.580. The van der Waals surface area contributed by atoms with Gasteiger partial charge in [-0.3, -0.25) is 5.32 Å². The van der Waals surface area contributed by atoms with Crippen LogP contribution in [-0.4, -0.2) is 34.9 Å². The molecule has 0 saturated carbocycles. The minimum atomic E-state index is -1.46. The molecule has 7 nitrogen and oxygen atoms in total. The first-order valence-electron chi connectivity index (χ1n) is 9.19. The predicted molar refractivity (Wildman–Crippen MR) is 109 cm³/mol. The number of carboxylic acid groups (broad SMARTS) is 2. The van der Waals surface area contributed by atoms with E-state index in [9.17, 15) is 24.6 Å². The van der Waals surface area contributed by atoms with E-state index in [0.29, 0.717) is 0 Å². The third-order valence-electron chi connectivity index (χ3n) is 5.09. The molecule has 0 aromatic heterocycles. The van der Waals surface area contributed by atoms with Gasteiger partial charge >= 0.3 is 18.0 Å². The summed E-state index contributed by atoms with van der Waals surface area (Å²) in [4.78, 5) is 35.2. The van der Waals surface area contributed by atoms with Crippen LogP contribution in [0.4, 0.5) is 10.5 Å². The van der Waals surface area contributed by atoms with Crippen LogP contribution in [0.5, 0.6) is 0 Å². The summed E-state index contributed by atoms with van der Waals surface area (Å²) in [7, 11) is 0. The fraction of sp³-hybridized carbons (Fsp3) is 0.0870. The number of anilines is 1. The summed E-state index contributed by atoms with van der Waals surface area (Å²) in [5.74, 6) is -3.00. The maximum absolute atomic E-state index is 12.4. The van der Waals surface area contributed by atoms with Gasteiger partial charge < -0.3 is 14.9 Å². The lowest BCUT2D eigenvalue weighted by Gasteiger charge is -2.15. The molecule has 0 atom stereocenters. The Balaban J connectivity index is 1.54. The summed E-state index contributed by atoms with van der Waals surface area (Å²) >= 11 is 0. The second-order valence-electron chi connectivity index (χ2n) is 6.79. The predicted octanol–water partition coefficient (Wildman–Crippen LogP) is 4.44. The van der Waals surface area contributed by atoms with Crippen LogP contribution < -0.4 is 5.32 Å². The van der Waals surface area contributed by atoms with Crippen molar-refractivity contribution >= 4 is 23.7 Å². The summed E-state index contributed by atoms with van der Waals surface area (Å²) in [6.07, 6.45) is -0.859. The molecule has 0 radical (unpaired) electrons. The molecule has 150 valence electrons. The number of aromatic carboxylic acids is 2. The third kappa shape index (κ3) is 3.37. The van der Waals surface area contributed by atoms with E-state index in [1.807, 2.05) is 48.5 Å². The average molecular weight is 403 g/mol. The van der Waals surface area contributed by atoms with Gasteiger partial charge in [0.25, 0.3) is 0 Å². The maximum Gasteiger partial charge on any atom is 0.411 e. The Bertz CT molecular complexity index is 1120. The zero-order valence-electron chi connectivity index (χ0n) is 15.7. The molecular weight excluding hydrogens is 386 g/mol. The topological polar surface area (TPSA) is 113 Å². The lowest BCUT2D eigenvalue weighted by atomic mass is 9.98. The SMILES string of the molecule is O=C(Nc1cccc(C(=O)O)c1C(=O)O)OCC1c2ccccc2-c2ccccc21. The Morgan fingerprint density at radius 2 is 1.40 bits per heavy atom. The van der Waals surface area contributed by atoms with E-state index in [1.54, 1.807) is 0 Å².